The zero-order valence-electron chi connectivity index (χ0n) is 15.1. The van der Waals surface area contributed by atoms with Gasteiger partial charge in [-0.1, -0.05) is 18.2 Å². The first kappa shape index (κ1) is 18.3. The van der Waals surface area contributed by atoms with Gasteiger partial charge in [0.2, 0.25) is 0 Å². The fourth-order valence-electron chi connectivity index (χ4n) is 2.50. The molecule has 0 bridgehead atoms. The number of benzene rings is 1. The molecular formula is C19H28N4S. The molecule has 0 aliphatic carbocycles. The quantitative estimate of drug-likeness (QED) is 0.618. The highest BCUT2D eigenvalue weighted by Gasteiger charge is 2.06. The number of hydrogen-bond donors (Lipinski definition) is 1. The Labute approximate surface area is 149 Å². The van der Waals surface area contributed by atoms with Gasteiger partial charge in [0, 0.05) is 51.8 Å². The summed E-state index contributed by atoms with van der Waals surface area (Å²) >= 11 is 1.81. The van der Waals surface area contributed by atoms with Gasteiger partial charge in [-0.3, -0.25) is 4.99 Å². The van der Waals surface area contributed by atoms with Gasteiger partial charge in [0.05, 0.1) is 0 Å². The van der Waals surface area contributed by atoms with Crippen LogP contribution in [0.3, 0.4) is 0 Å². The van der Waals surface area contributed by atoms with Crippen LogP contribution in [0, 0.1) is 0 Å². The maximum atomic E-state index is 4.38. The number of anilines is 1. The molecule has 0 atom stereocenters. The molecule has 0 aliphatic rings. The molecule has 0 saturated carbocycles. The Morgan fingerprint density at radius 3 is 2.42 bits per heavy atom. The molecule has 0 fully saturated rings. The highest BCUT2D eigenvalue weighted by Crippen LogP contribution is 2.12. The minimum atomic E-state index is 0.886. The third-order valence-electron chi connectivity index (χ3n) is 4.00. The molecule has 0 amide bonds. The number of thiophene rings is 1. The van der Waals surface area contributed by atoms with Crippen molar-refractivity contribution >= 4 is 23.0 Å². The van der Waals surface area contributed by atoms with E-state index in [1.165, 1.54) is 16.1 Å². The molecular weight excluding hydrogens is 316 g/mol. The average Bonchev–Trinajstić information content (AvgIpc) is 3.10. The van der Waals surface area contributed by atoms with Gasteiger partial charge < -0.3 is 15.1 Å². The van der Waals surface area contributed by atoms with Crippen LogP contribution in [0.5, 0.6) is 0 Å². The summed E-state index contributed by atoms with van der Waals surface area (Å²) in [6.45, 7) is 1.86. The summed E-state index contributed by atoms with van der Waals surface area (Å²) in [5.41, 5.74) is 2.57. The second-order valence-corrected chi connectivity index (χ2v) is 7.07. The van der Waals surface area contributed by atoms with Crippen molar-refractivity contribution in [1.82, 2.24) is 10.2 Å². The van der Waals surface area contributed by atoms with Crippen LogP contribution < -0.4 is 10.2 Å². The molecule has 1 heterocycles. The molecule has 130 valence electrons. The third kappa shape index (κ3) is 5.57. The van der Waals surface area contributed by atoms with E-state index in [0.717, 1.165) is 31.9 Å². The van der Waals surface area contributed by atoms with Crippen LogP contribution in [0.1, 0.15) is 10.4 Å². The van der Waals surface area contributed by atoms with E-state index >= 15 is 0 Å². The Morgan fingerprint density at radius 1 is 1.08 bits per heavy atom. The molecule has 0 saturated heterocycles. The zero-order valence-corrected chi connectivity index (χ0v) is 15.9. The van der Waals surface area contributed by atoms with E-state index in [1.807, 2.05) is 18.4 Å². The van der Waals surface area contributed by atoms with Crippen LogP contribution >= 0.6 is 11.3 Å². The average molecular weight is 345 g/mol. The summed E-state index contributed by atoms with van der Waals surface area (Å²) in [7, 11) is 8.06. The molecule has 0 unspecified atom stereocenters. The second kappa shape index (κ2) is 9.33. The predicted octanol–water partition coefficient (Wildman–Crippen LogP) is 3.11. The van der Waals surface area contributed by atoms with Gasteiger partial charge in [-0.2, -0.15) is 0 Å². The van der Waals surface area contributed by atoms with Crippen molar-refractivity contribution in [3.8, 4) is 0 Å². The van der Waals surface area contributed by atoms with Crippen LogP contribution in [-0.2, 0) is 12.8 Å². The fraction of sp³-hybridized carbons (Fsp3) is 0.421. The van der Waals surface area contributed by atoms with Gasteiger partial charge in [0.15, 0.2) is 5.96 Å². The van der Waals surface area contributed by atoms with E-state index in [9.17, 15) is 0 Å². The van der Waals surface area contributed by atoms with Crippen molar-refractivity contribution in [3.05, 3.63) is 52.2 Å². The van der Waals surface area contributed by atoms with Crippen molar-refractivity contribution in [2.75, 3.05) is 46.2 Å². The largest absolute Gasteiger partial charge is 0.378 e. The summed E-state index contributed by atoms with van der Waals surface area (Å²) < 4.78 is 0. The Kier molecular flexibility index (Phi) is 7.12. The first-order valence-electron chi connectivity index (χ1n) is 8.30. The zero-order chi connectivity index (χ0) is 17.4. The van der Waals surface area contributed by atoms with Crippen molar-refractivity contribution in [3.63, 3.8) is 0 Å². The minimum absolute atomic E-state index is 0.886. The van der Waals surface area contributed by atoms with Gasteiger partial charge in [0.1, 0.15) is 0 Å². The van der Waals surface area contributed by atoms with E-state index in [2.05, 4.69) is 83.0 Å². The van der Waals surface area contributed by atoms with Crippen LogP contribution in [0.15, 0.2) is 46.8 Å². The number of nitrogens with zero attached hydrogens (tertiary/aromatic N) is 3. The Hall–Kier alpha value is -2.01. The molecule has 1 aromatic heterocycles. The first-order chi connectivity index (χ1) is 11.6. The Balaban J connectivity index is 1.76. The lowest BCUT2D eigenvalue weighted by Crippen LogP contribution is -2.40. The maximum Gasteiger partial charge on any atom is 0.193 e. The van der Waals surface area contributed by atoms with Gasteiger partial charge in [-0.25, -0.2) is 0 Å². The molecule has 4 nitrogen and oxygen atoms in total. The van der Waals surface area contributed by atoms with Gasteiger partial charge in [0.25, 0.3) is 0 Å². The van der Waals surface area contributed by atoms with Crippen LogP contribution in [-0.4, -0.2) is 52.1 Å². The van der Waals surface area contributed by atoms with E-state index in [-0.39, 0.29) is 0 Å². The number of guanidine groups is 1. The van der Waals surface area contributed by atoms with Crippen molar-refractivity contribution < 1.29 is 0 Å². The van der Waals surface area contributed by atoms with E-state index < -0.39 is 0 Å². The second-order valence-electron chi connectivity index (χ2n) is 6.04. The molecule has 0 aliphatic heterocycles. The normalized spacial score (nSPS) is 11.4. The van der Waals surface area contributed by atoms with Gasteiger partial charge in [-0.05, 0) is 42.0 Å². The summed E-state index contributed by atoms with van der Waals surface area (Å²) in [6.07, 6.45) is 2.05. The number of likely N-dealkylation sites (N-methyl/N-ethyl adjacent to an activating group) is 1. The van der Waals surface area contributed by atoms with Crippen LogP contribution in [0.2, 0.25) is 0 Å². The molecule has 2 rings (SSSR count). The Bertz CT molecular complexity index is 617. The van der Waals surface area contributed by atoms with E-state index in [0.29, 0.717) is 0 Å². The summed E-state index contributed by atoms with van der Waals surface area (Å²) in [5.74, 6) is 0.955. The van der Waals surface area contributed by atoms with E-state index in [4.69, 9.17) is 0 Å². The highest BCUT2D eigenvalue weighted by molar-refractivity contribution is 7.09. The maximum absolute atomic E-state index is 4.38. The lowest BCUT2D eigenvalue weighted by molar-refractivity contribution is 0.487. The molecule has 0 spiro atoms. The Morgan fingerprint density at radius 2 is 1.83 bits per heavy atom. The molecule has 0 radical (unpaired) electrons. The smallest absolute Gasteiger partial charge is 0.193 e. The van der Waals surface area contributed by atoms with Crippen LogP contribution in [0.25, 0.3) is 0 Å². The molecule has 5 heteroatoms. The highest BCUT2D eigenvalue weighted by atomic mass is 32.1. The molecule has 1 aromatic carbocycles. The standard InChI is InChI=1S/C19H28N4S/c1-20-19(23(4)14-12-18-6-5-15-24-18)21-13-11-16-7-9-17(10-8-16)22(2)3/h5-10,15H,11-14H2,1-4H3,(H,20,21). The van der Waals surface area contributed by atoms with E-state index in [1.54, 1.807) is 0 Å². The number of aliphatic imine (C=N–C) groups is 1. The monoisotopic (exact) mass is 344 g/mol. The molecule has 1 N–H and O–H groups in total. The van der Waals surface area contributed by atoms with Crippen molar-refractivity contribution in [2.24, 2.45) is 4.99 Å². The van der Waals surface area contributed by atoms with Crippen LogP contribution in [0.4, 0.5) is 5.69 Å². The molecule has 2 aromatic rings. The SMILES string of the molecule is CN=C(NCCc1ccc(N(C)C)cc1)N(C)CCc1cccs1. The van der Waals surface area contributed by atoms with Crippen molar-refractivity contribution in [1.29, 1.82) is 0 Å². The fourth-order valence-corrected chi connectivity index (χ4v) is 3.20. The lowest BCUT2D eigenvalue weighted by Gasteiger charge is -2.22. The minimum Gasteiger partial charge on any atom is -0.378 e. The van der Waals surface area contributed by atoms with Gasteiger partial charge >= 0.3 is 0 Å². The number of rotatable bonds is 7. The summed E-state index contributed by atoms with van der Waals surface area (Å²) in [5, 5.41) is 5.58. The third-order valence-corrected chi connectivity index (χ3v) is 4.93. The van der Waals surface area contributed by atoms with Crippen molar-refractivity contribution in [2.45, 2.75) is 12.8 Å². The molecule has 24 heavy (non-hydrogen) atoms. The van der Waals surface area contributed by atoms with Gasteiger partial charge in [-0.15, -0.1) is 11.3 Å². The predicted molar refractivity (Wildman–Crippen MR) is 106 cm³/mol. The number of hydrogen-bond acceptors (Lipinski definition) is 3. The lowest BCUT2D eigenvalue weighted by atomic mass is 10.1. The summed E-state index contributed by atoms with van der Waals surface area (Å²) in [4.78, 5) is 10.1. The number of nitrogens with one attached hydrogen (secondary N) is 1. The first-order valence-corrected chi connectivity index (χ1v) is 9.18. The topological polar surface area (TPSA) is 30.9 Å². The summed E-state index contributed by atoms with van der Waals surface area (Å²) in [6, 6.07) is 13.0.